The molecule has 0 unspecified atom stereocenters. The number of carbonyl (C=O) groups excluding carboxylic acids is 1. The normalized spacial score (nSPS) is 20.7. The average Bonchev–Trinajstić information content (AvgIpc) is 2.75. The molecule has 2 aliphatic rings. The van der Waals surface area contributed by atoms with Crippen LogP contribution < -0.4 is 5.32 Å². The summed E-state index contributed by atoms with van der Waals surface area (Å²) in [6, 6.07) is 2.07. The Bertz CT molecular complexity index is 464. The maximum atomic E-state index is 12.6. The number of halogens is 1. The molecule has 4 nitrogen and oxygen atoms in total. The van der Waals surface area contributed by atoms with E-state index in [0.29, 0.717) is 13.2 Å². The zero-order valence-corrected chi connectivity index (χ0v) is 11.8. The number of nitrogens with one attached hydrogen (secondary N) is 1. The fourth-order valence-electron chi connectivity index (χ4n) is 2.78. The summed E-state index contributed by atoms with van der Waals surface area (Å²) in [5.74, 6) is 0.342. The third-order valence-electron chi connectivity index (χ3n) is 3.79. The predicted molar refractivity (Wildman–Crippen MR) is 71.7 cm³/mol. The van der Waals surface area contributed by atoms with Crippen LogP contribution in [0.4, 0.5) is 0 Å². The van der Waals surface area contributed by atoms with Crippen molar-refractivity contribution in [1.29, 1.82) is 0 Å². The van der Waals surface area contributed by atoms with Crippen LogP contribution >= 0.6 is 15.9 Å². The molecule has 0 aromatic carbocycles. The number of nitrogens with zero attached hydrogens (tertiary/aromatic N) is 1. The molecule has 0 spiro atoms. The Morgan fingerprint density at radius 3 is 3.00 bits per heavy atom. The second-order valence-electron chi connectivity index (χ2n) is 4.93. The molecule has 0 amide bonds. The van der Waals surface area contributed by atoms with E-state index < -0.39 is 0 Å². The molecule has 1 N–H and O–H groups in total. The van der Waals surface area contributed by atoms with Crippen LogP contribution in [0.1, 0.15) is 28.9 Å². The highest BCUT2D eigenvalue weighted by molar-refractivity contribution is 9.10. The van der Waals surface area contributed by atoms with Crippen molar-refractivity contribution in [2.75, 3.05) is 19.8 Å². The van der Waals surface area contributed by atoms with Crippen LogP contribution in [-0.2, 0) is 17.7 Å². The largest absolute Gasteiger partial charge is 0.381 e. The van der Waals surface area contributed by atoms with E-state index in [4.69, 9.17) is 4.74 Å². The average molecular weight is 313 g/mol. The minimum atomic E-state index is 0.112. The molecule has 3 rings (SSSR count). The van der Waals surface area contributed by atoms with Crippen molar-refractivity contribution in [3.8, 4) is 0 Å². The second kappa shape index (κ2) is 5.15. The van der Waals surface area contributed by atoms with Crippen molar-refractivity contribution >= 4 is 21.8 Å². The smallest absolute Gasteiger partial charge is 0.234 e. The maximum Gasteiger partial charge on any atom is 0.234 e. The minimum absolute atomic E-state index is 0.112. The van der Waals surface area contributed by atoms with Crippen molar-refractivity contribution in [3.63, 3.8) is 0 Å². The SMILES string of the molecule is O=C(C1CCOCC1)n1c(Br)cc2c1CCNC2. The van der Waals surface area contributed by atoms with Crippen molar-refractivity contribution in [2.45, 2.75) is 25.8 Å². The second-order valence-corrected chi connectivity index (χ2v) is 5.74. The van der Waals surface area contributed by atoms with E-state index in [-0.39, 0.29) is 11.8 Å². The van der Waals surface area contributed by atoms with Crippen molar-refractivity contribution < 1.29 is 9.53 Å². The Morgan fingerprint density at radius 2 is 2.22 bits per heavy atom. The number of rotatable bonds is 1. The summed E-state index contributed by atoms with van der Waals surface area (Å²) in [5.41, 5.74) is 2.42. The van der Waals surface area contributed by atoms with Gasteiger partial charge in [0.25, 0.3) is 0 Å². The first-order valence-electron chi connectivity index (χ1n) is 6.49. The van der Waals surface area contributed by atoms with Crippen LogP contribution in [0.3, 0.4) is 0 Å². The highest BCUT2D eigenvalue weighted by atomic mass is 79.9. The van der Waals surface area contributed by atoms with Crippen LogP contribution in [0.2, 0.25) is 0 Å². The van der Waals surface area contributed by atoms with E-state index in [9.17, 15) is 4.79 Å². The van der Waals surface area contributed by atoms with Gasteiger partial charge in [0.1, 0.15) is 0 Å². The first-order chi connectivity index (χ1) is 8.77. The van der Waals surface area contributed by atoms with Gasteiger partial charge in [0.05, 0.1) is 4.60 Å². The van der Waals surface area contributed by atoms with Gasteiger partial charge in [0.15, 0.2) is 0 Å². The number of carbonyl (C=O) groups is 1. The molecular formula is C13H17BrN2O2. The van der Waals surface area contributed by atoms with E-state index >= 15 is 0 Å². The molecule has 0 bridgehead atoms. The van der Waals surface area contributed by atoms with Gasteiger partial charge in [-0.3, -0.25) is 9.36 Å². The fraction of sp³-hybridized carbons (Fsp3) is 0.615. The fourth-order valence-corrected chi connectivity index (χ4v) is 3.45. The molecule has 1 fully saturated rings. The van der Waals surface area contributed by atoms with Gasteiger partial charge >= 0.3 is 0 Å². The van der Waals surface area contributed by atoms with Crippen LogP contribution in [-0.4, -0.2) is 30.2 Å². The quantitative estimate of drug-likeness (QED) is 0.862. The Morgan fingerprint density at radius 1 is 1.44 bits per heavy atom. The van der Waals surface area contributed by atoms with E-state index in [1.54, 1.807) is 0 Å². The van der Waals surface area contributed by atoms with Gasteiger partial charge in [-0.2, -0.15) is 0 Å². The molecule has 3 heterocycles. The van der Waals surface area contributed by atoms with Crippen LogP contribution in [0.25, 0.3) is 0 Å². The van der Waals surface area contributed by atoms with Crippen LogP contribution in [0.15, 0.2) is 10.7 Å². The molecule has 0 atom stereocenters. The van der Waals surface area contributed by atoms with Crippen molar-refractivity contribution in [3.05, 3.63) is 21.9 Å². The topological polar surface area (TPSA) is 43.3 Å². The zero-order valence-electron chi connectivity index (χ0n) is 10.2. The minimum Gasteiger partial charge on any atom is -0.381 e. The Hall–Kier alpha value is -0.650. The number of hydrogen-bond donors (Lipinski definition) is 1. The van der Waals surface area contributed by atoms with E-state index in [2.05, 4.69) is 27.3 Å². The highest BCUT2D eigenvalue weighted by Gasteiger charge is 2.27. The molecule has 1 aromatic heterocycles. The van der Waals surface area contributed by atoms with E-state index in [0.717, 1.165) is 37.0 Å². The first kappa shape index (κ1) is 12.4. The van der Waals surface area contributed by atoms with Crippen molar-refractivity contribution in [2.24, 2.45) is 5.92 Å². The maximum absolute atomic E-state index is 12.6. The zero-order chi connectivity index (χ0) is 12.5. The number of fused-ring (bicyclic) bond motifs is 1. The standard InChI is InChI=1S/C13H17BrN2O2/c14-12-7-10-8-15-4-1-11(10)16(12)13(17)9-2-5-18-6-3-9/h7,9,15H,1-6,8H2. The summed E-state index contributed by atoms with van der Waals surface area (Å²) in [6.45, 7) is 3.23. The summed E-state index contributed by atoms with van der Waals surface area (Å²) in [4.78, 5) is 12.6. The van der Waals surface area contributed by atoms with E-state index in [1.165, 1.54) is 11.3 Å². The lowest BCUT2D eigenvalue weighted by molar-refractivity contribution is 0.0482. The molecule has 98 valence electrons. The van der Waals surface area contributed by atoms with Gasteiger partial charge in [-0.1, -0.05) is 0 Å². The molecular weight excluding hydrogens is 296 g/mol. The Balaban J connectivity index is 1.90. The summed E-state index contributed by atoms with van der Waals surface area (Å²) in [7, 11) is 0. The third-order valence-corrected chi connectivity index (χ3v) is 4.38. The van der Waals surface area contributed by atoms with E-state index in [1.807, 2.05) is 4.57 Å². The van der Waals surface area contributed by atoms with Crippen LogP contribution in [0.5, 0.6) is 0 Å². The van der Waals surface area contributed by atoms with Gasteiger partial charge in [0.2, 0.25) is 5.91 Å². The molecule has 2 aliphatic heterocycles. The van der Waals surface area contributed by atoms with Gasteiger partial charge in [-0.15, -0.1) is 0 Å². The predicted octanol–water partition coefficient (Wildman–Crippen LogP) is 1.96. The Labute approximate surface area is 115 Å². The molecule has 0 aliphatic carbocycles. The summed E-state index contributed by atoms with van der Waals surface area (Å²) < 4.78 is 8.10. The Kier molecular flexibility index (Phi) is 3.54. The van der Waals surface area contributed by atoms with Gasteiger partial charge < -0.3 is 10.1 Å². The number of hydrogen-bond acceptors (Lipinski definition) is 3. The third kappa shape index (κ3) is 2.15. The molecule has 0 radical (unpaired) electrons. The van der Waals surface area contributed by atoms with Gasteiger partial charge in [-0.05, 0) is 40.4 Å². The molecule has 1 aromatic rings. The van der Waals surface area contributed by atoms with Gasteiger partial charge in [-0.25, -0.2) is 0 Å². The van der Waals surface area contributed by atoms with Gasteiger partial charge in [0, 0.05) is 44.3 Å². The summed E-state index contributed by atoms with van der Waals surface area (Å²) in [5, 5.41) is 3.33. The first-order valence-corrected chi connectivity index (χ1v) is 7.28. The lowest BCUT2D eigenvalue weighted by Crippen LogP contribution is -2.31. The monoisotopic (exact) mass is 312 g/mol. The molecule has 0 saturated carbocycles. The highest BCUT2D eigenvalue weighted by Crippen LogP contribution is 2.27. The number of ether oxygens (including phenoxy) is 1. The molecule has 5 heteroatoms. The summed E-state index contributed by atoms with van der Waals surface area (Å²) >= 11 is 3.53. The lowest BCUT2D eigenvalue weighted by atomic mass is 9.99. The van der Waals surface area contributed by atoms with Crippen molar-refractivity contribution in [1.82, 2.24) is 9.88 Å². The molecule has 1 saturated heterocycles. The number of aromatic nitrogens is 1. The molecule has 18 heavy (non-hydrogen) atoms. The summed E-state index contributed by atoms with van der Waals surface area (Å²) in [6.07, 6.45) is 2.61. The van der Waals surface area contributed by atoms with Crippen LogP contribution in [0, 0.1) is 5.92 Å². The lowest BCUT2D eigenvalue weighted by Gasteiger charge is -2.23.